The van der Waals surface area contributed by atoms with Gasteiger partial charge in [-0.2, -0.15) is 0 Å². The lowest BCUT2D eigenvalue weighted by molar-refractivity contribution is -0.137. The van der Waals surface area contributed by atoms with E-state index in [2.05, 4.69) is 4.99 Å². The maximum atomic E-state index is 13.6. The standard InChI is InChI=1S/C24H20N2O7S2/c1-12-20(23(30)31-4)21(18-6-5-9-34-18)26-22(29)19(35-24(26)25-12)10-15-7-8-16(32-13(2)27)11-17(15)33-14(3)28/h5-11,21H,1-4H3/t21-/m1/s1. The van der Waals surface area contributed by atoms with Gasteiger partial charge in [-0.05, 0) is 36.6 Å². The molecular formula is C24H20N2O7S2. The number of fused-ring (bicyclic) bond motifs is 1. The first-order valence-corrected chi connectivity index (χ1v) is 12.0. The molecule has 3 heterocycles. The van der Waals surface area contributed by atoms with Gasteiger partial charge >= 0.3 is 17.9 Å². The molecule has 0 amide bonds. The number of carbonyl (C=O) groups excluding carboxylic acids is 3. The van der Waals surface area contributed by atoms with Crippen molar-refractivity contribution in [1.29, 1.82) is 0 Å². The Morgan fingerprint density at radius 3 is 2.49 bits per heavy atom. The molecule has 9 nitrogen and oxygen atoms in total. The lowest BCUT2D eigenvalue weighted by atomic mass is 10.0. The summed E-state index contributed by atoms with van der Waals surface area (Å²) in [6.07, 6.45) is 1.57. The van der Waals surface area contributed by atoms with E-state index < -0.39 is 23.9 Å². The number of allylic oxidation sites excluding steroid dienone is 1. The number of ether oxygens (including phenoxy) is 3. The van der Waals surface area contributed by atoms with E-state index in [4.69, 9.17) is 14.2 Å². The van der Waals surface area contributed by atoms with Crippen molar-refractivity contribution < 1.29 is 28.6 Å². The molecule has 3 aromatic rings. The second-order valence-corrected chi connectivity index (χ2v) is 9.46. The lowest BCUT2D eigenvalue weighted by Gasteiger charge is -2.22. The van der Waals surface area contributed by atoms with Crippen molar-refractivity contribution in [2.45, 2.75) is 26.8 Å². The van der Waals surface area contributed by atoms with Crippen molar-refractivity contribution in [2.24, 2.45) is 4.99 Å². The van der Waals surface area contributed by atoms with Crippen LogP contribution in [-0.4, -0.2) is 29.6 Å². The van der Waals surface area contributed by atoms with E-state index in [1.165, 1.54) is 49.0 Å². The number of methoxy groups -OCH3 is 1. The zero-order valence-corrected chi connectivity index (χ0v) is 20.8. The molecule has 1 aliphatic heterocycles. The molecule has 180 valence electrons. The van der Waals surface area contributed by atoms with Gasteiger partial charge in [0.1, 0.15) is 17.5 Å². The summed E-state index contributed by atoms with van der Waals surface area (Å²) in [5, 5.41) is 1.87. The third-order valence-corrected chi connectivity index (χ3v) is 6.93. The second-order valence-electron chi connectivity index (χ2n) is 7.48. The van der Waals surface area contributed by atoms with E-state index in [9.17, 15) is 19.2 Å². The number of aromatic nitrogens is 1. The SMILES string of the molecule is COC(=O)C1=C(C)N=c2sc(=Cc3ccc(OC(C)=O)cc3OC(C)=O)c(=O)n2[C@@H]1c1cccs1. The van der Waals surface area contributed by atoms with Crippen molar-refractivity contribution in [3.8, 4) is 11.5 Å². The number of nitrogens with zero attached hydrogens (tertiary/aromatic N) is 2. The number of thiazole rings is 1. The van der Waals surface area contributed by atoms with E-state index in [0.29, 0.717) is 26.2 Å². The Bertz CT molecular complexity index is 1550. The lowest BCUT2D eigenvalue weighted by Crippen LogP contribution is -2.39. The minimum atomic E-state index is -0.680. The molecule has 0 saturated carbocycles. The first-order valence-electron chi connectivity index (χ1n) is 10.3. The molecule has 0 spiro atoms. The van der Waals surface area contributed by atoms with Gasteiger partial charge in [0, 0.05) is 30.4 Å². The van der Waals surface area contributed by atoms with Gasteiger partial charge in [0.15, 0.2) is 4.80 Å². The Balaban J connectivity index is 1.91. The van der Waals surface area contributed by atoms with Crippen LogP contribution >= 0.6 is 22.7 Å². The average Bonchev–Trinajstić information content (AvgIpc) is 3.42. The maximum absolute atomic E-state index is 13.6. The maximum Gasteiger partial charge on any atom is 0.338 e. The Morgan fingerprint density at radius 1 is 1.11 bits per heavy atom. The summed E-state index contributed by atoms with van der Waals surface area (Å²) in [4.78, 5) is 54.9. The molecule has 0 aliphatic carbocycles. The topological polar surface area (TPSA) is 113 Å². The molecular weight excluding hydrogens is 492 g/mol. The quantitative estimate of drug-likeness (QED) is 0.381. The highest BCUT2D eigenvalue weighted by molar-refractivity contribution is 7.10. The summed E-state index contributed by atoms with van der Waals surface area (Å²) in [6.45, 7) is 4.21. The molecule has 1 aromatic carbocycles. The Morgan fingerprint density at radius 2 is 1.86 bits per heavy atom. The number of benzene rings is 1. The third kappa shape index (κ3) is 4.86. The van der Waals surface area contributed by atoms with Gasteiger partial charge in [-0.15, -0.1) is 11.3 Å². The minimum Gasteiger partial charge on any atom is -0.466 e. The van der Waals surface area contributed by atoms with Crippen LogP contribution in [0, 0.1) is 0 Å². The zero-order valence-electron chi connectivity index (χ0n) is 19.2. The number of thiophene rings is 1. The highest BCUT2D eigenvalue weighted by Crippen LogP contribution is 2.33. The Hall–Kier alpha value is -3.83. The fourth-order valence-electron chi connectivity index (χ4n) is 3.66. The molecule has 0 fully saturated rings. The van der Waals surface area contributed by atoms with Gasteiger partial charge in [0.05, 0.1) is 22.9 Å². The van der Waals surface area contributed by atoms with Crippen LogP contribution in [0.5, 0.6) is 11.5 Å². The van der Waals surface area contributed by atoms with Crippen molar-refractivity contribution in [3.63, 3.8) is 0 Å². The summed E-state index contributed by atoms with van der Waals surface area (Å²) in [6, 6.07) is 7.53. The summed E-state index contributed by atoms with van der Waals surface area (Å²) < 4.78 is 17.1. The molecule has 0 radical (unpaired) electrons. The van der Waals surface area contributed by atoms with Crippen LogP contribution < -0.4 is 24.4 Å². The summed E-state index contributed by atoms with van der Waals surface area (Å²) in [7, 11) is 1.29. The van der Waals surface area contributed by atoms with Gasteiger partial charge < -0.3 is 14.2 Å². The van der Waals surface area contributed by atoms with E-state index in [0.717, 1.165) is 16.2 Å². The molecule has 11 heteroatoms. The number of hydrogen-bond acceptors (Lipinski definition) is 10. The number of hydrogen-bond donors (Lipinski definition) is 0. The van der Waals surface area contributed by atoms with Crippen molar-refractivity contribution in [2.75, 3.05) is 7.11 Å². The van der Waals surface area contributed by atoms with Crippen molar-refractivity contribution in [1.82, 2.24) is 4.57 Å². The first-order chi connectivity index (χ1) is 16.7. The van der Waals surface area contributed by atoms with Gasteiger partial charge in [-0.3, -0.25) is 19.0 Å². The molecule has 1 aliphatic rings. The third-order valence-electron chi connectivity index (χ3n) is 5.03. The Kier molecular flexibility index (Phi) is 6.81. The normalized spacial score (nSPS) is 15.3. The van der Waals surface area contributed by atoms with Crippen LogP contribution in [-0.2, 0) is 19.1 Å². The van der Waals surface area contributed by atoms with Crippen LogP contribution in [0.25, 0.3) is 6.08 Å². The largest absolute Gasteiger partial charge is 0.466 e. The van der Waals surface area contributed by atoms with Crippen molar-refractivity contribution in [3.05, 3.63) is 77.1 Å². The van der Waals surface area contributed by atoms with Crippen LogP contribution in [0.3, 0.4) is 0 Å². The molecule has 1 atom stereocenters. The fourth-order valence-corrected chi connectivity index (χ4v) is 5.52. The van der Waals surface area contributed by atoms with Crippen LogP contribution in [0.4, 0.5) is 0 Å². The highest BCUT2D eigenvalue weighted by Gasteiger charge is 2.33. The van der Waals surface area contributed by atoms with Gasteiger partial charge in [0.2, 0.25) is 0 Å². The molecule has 2 aromatic heterocycles. The van der Waals surface area contributed by atoms with Crippen LogP contribution in [0.2, 0.25) is 0 Å². The predicted molar refractivity (Wildman–Crippen MR) is 129 cm³/mol. The Labute approximate surface area is 207 Å². The van der Waals surface area contributed by atoms with E-state index >= 15 is 0 Å². The molecule has 35 heavy (non-hydrogen) atoms. The predicted octanol–water partition coefficient (Wildman–Crippen LogP) is 2.32. The zero-order chi connectivity index (χ0) is 25.3. The second kappa shape index (κ2) is 9.80. The minimum absolute atomic E-state index is 0.128. The van der Waals surface area contributed by atoms with E-state index in [1.807, 2.05) is 17.5 Å². The first kappa shape index (κ1) is 24.3. The average molecular weight is 513 g/mol. The van der Waals surface area contributed by atoms with Gasteiger partial charge in [-0.25, -0.2) is 9.79 Å². The number of carbonyl (C=O) groups is 3. The number of rotatable bonds is 5. The van der Waals surface area contributed by atoms with Gasteiger partial charge in [0.25, 0.3) is 5.56 Å². The highest BCUT2D eigenvalue weighted by atomic mass is 32.1. The summed E-state index contributed by atoms with van der Waals surface area (Å²) in [5.41, 5.74) is 0.825. The summed E-state index contributed by atoms with van der Waals surface area (Å²) >= 11 is 2.56. The smallest absolute Gasteiger partial charge is 0.338 e. The molecule has 0 bridgehead atoms. The molecule has 0 unspecified atom stereocenters. The molecule has 0 saturated heterocycles. The van der Waals surface area contributed by atoms with Crippen LogP contribution in [0.15, 0.2) is 56.8 Å². The monoisotopic (exact) mass is 512 g/mol. The molecule has 0 N–H and O–H groups in total. The van der Waals surface area contributed by atoms with E-state index in [-0.39, 0.29) is 17.1 Å². The fraction of sp³-hybridized carbons (Fsp3) is 0.208. The molecule has 4 rings (SSSR count). The van der Waals surface area contributed by atoms with E-state index in [1.54, 1.807) is 19.1 Å². The summed E-state index contributed by atoms with van der Waals surface area (Å²) in [5.74, 6) is -1.33. The van der Waals surface area contributed by atoms with Crippen LogP contribution in [0.1, 0.15) is 37.3 Å². The van der Waals surface area contributed by atoms with Crippen molar-refractivity contribution >= 4 is 46.7 Å². The number of esters is 3. The van der Waals surface area contributed by atoms with Gasteiger partial charge in [-0.1, -0.05) is 17.4 Å².